The van der Waals surface area contributed by atoms with Gasteiger partial charge in [0.2, 0.25) is 0 Å². The van der Waals surface area contributed by atoms with Crippen LogP contribution in [-0.2, 0) is 24.7 Å². The van der Waals surface area contributed by atoms with E-state index in [1.807, 2.05) is 27.7 Å². The molecule has 14 heteroatoms. The highest BCUT2D eigenvalue weighted by molar-refractivity contribution is 7.67. The van der Waals surface area contributed by atoms with E-state index < -0.39 is 72.5 Å². The Morgan fingerprint density at radius 3 is 1.10 bits per heavy atom. The molecule has 3 aromatic carbocycles. The first-order valence-corrected chi connectivity index (χ1v) is 14.4. The summed E-state index contributed by atoms with van der Waals surface area (Å²) in [5, 5.41) is 0.518. The van der Waals surface area contributed by atoms with Gasteiger partial charge in [-0.3, -0.25) is 0 Å². The van der Waals surface area contributed by atoms with Crippen molar-refractivity contribution >= 4 is 36.3 Å². The summed E-state index contributed by atoms with van der Waals surface area (Å²) >= 11 is 0. The van der Waals surface area contributed by atoms with E-state index in [1.54, 1.807) is 12.1 Å². The van der Waals surface area contributed by atoms with Crippen molar-refractivity contribution in [1.29, 1.82) is 0 Å². The van der Waals surface area contributed by atoms with E-state index in [0.29, 0.717) is 29.6 Å². The van der Waals surface area contributed by atoms with Crippen LogP contribution in [0, 0.1) is 0 Å². The van der Waals surface area contributed by atoms with E-state index in [4.69, 9.17) is 0 Å². The Morgan fingerprint density at radius 1 is 0.500 bits per heavy atom. The Morgan fingerprint density at radius 2 is 0.810 bits per heavy atom. The number of rotatable bonds is 6. The predicted molar refractivity (Wildman–Crippen MR) is 144 cm³/mol. The van der Waals surface area contributed by atoms with Crippen LogP contribution in [0.4, 0.5) is 52.7 Å². The second-order valence-electron chi connectivity index (χ2n) is 10.8. The van der Waals surface area contributed by atoms with Gasteiger partial charge in [-0.25, -0.2) is 10.9 Å². The van der Waals surface area contributed by atoms with Gasteiger partial charge < -0.3 is 0 Å². The van der Waals surface area contributed by atoms with E-state index in [9.17, 15) is 52.7 Å². The minimum absolute atomic E-state index is 0.0457. The summed E-state index contributed by atoms with van der Waals surface area (Å²) in [6, 6.07) is 7.24. The zero-order valence-corrected chi connectivity index (χ0v) is 23.7. The summed E-state index contributed by atoms with van der Waals surface area (Å²) in [6.45, 7) is 4.37. The lowest BCUT2D eigenvalue weighted by Gasteiger charge is -2.33. The van der Waals surface area contributed by atoms with Crippen LogP contribution in [0.2, 0.25) is 0 Å². The Bertz CT molecular complexity index is 1250. The third-order valence-corrected chi connectivity index (χ3v) is 10.7. The van der Waals surface area contributed by atoms with Crippen LogP contribution in [-0.4, -0.2) is 18.0 Å². The van der Waals surface area contributed by atoms with E-state index in [1.165, 1.54) is 12.1 Å². The summed E-state index contributed by atoms with van der Waals surface area (Å²) in [5.41, 5.74) is -8.17. The minimum atomic E-state index is -5.28. The minimum Gasteiger partial charge on any atom is -0.202 e. The Hall–Kier alpha value is -2.69. The third-order valence-electron chi connectivity index (χ3n) is 7.06. The molecule has 0 nitrogen and oxygen atoms in total. The number of hydrogen-bond donors (Lipinski definition) is 0. The van der Waals surface area contributed by atoms with Gasteiger partial charge in [-0.05, 0) is 45.9 Å². The van der Waals surface area contributed by atoms with Gasteiger partial charge in [0.05, 0.1) is 45.6 Å². The van der Waals surface area contributed by atoms with Crippen molar-refractivity contribution in [2.75, 3.05) is 0 Å². The molecule has 0 saturated heterocycles. The van der Waals surface area contributed by atoms with Crippen molar-refractivity contribution in [2.24, 2.45) is 0 Å². The number of hydrogen-bond acceptors (Lipinski definition) is 0. The molecule has 0 amide bonds. The average molecular weight is 632 g/mol. The topological polar surface area (TPSA) is 0 Å². The van der Waals surface area contributed by atoms with E-state index in [0.717, 1.165) is 0 Å². The van der Waals surface area contributed by atoms with Gasteiger partial charge in [-0.2, -0.15) is 58.1 Å². The second kappa shape index (κ2) is 11.8. The molecule has 0 aliphatic heterocycles. The first kappa shape index (κ1) is 33.8. The summed E-state index contributed by atoms with van der Waals surface area (Å²) in [5.74, 6) is 0. The van der Waals surface area contributed by atoms with Crippen LogP contribution in [0.3, 0.4) is 0 Å². The molecule has 0 atom stereocenters. The van der Waals surface area contributed by atoms with E-state index in [-0.39, 0.29) is 28.9 Å². The fourth-order valence-electron chi connectivity index (χ4n) is 5.52. The van der Waals surface area contributed by atoms with E-state index in [2.05, 4.69) is 0 Å². The third kappa shape index (κ3) is 7.63. The van der Waals surface area contributed by atoms with Crippen molar-refractivity contribution in [3.63, 3.8) is 0 Å². The molecule has 3 aromatic rings. The highest BCUT2D eigenvalue weighted by Crippen LogP contribution is 2.44. The van der Waals surface area contributed by atoms with Crippen LogP contribution in [0.5, 0.6) is 0 Å². The Labute approximate surface area is 236 Å². The van der Waals surface area contributed by atoms with Gasteiger partial charge in [0.25, 0.3) is 0 Å². The van der Waals surface area contributed by atoms with Crippen LogP contribution in [0.1, 0.15) is 49.9 Å². The van der Waals surface area contributed by atoms with Gasteiger partial charge in [0.1, 0.15) is 0 Å². The molecular formula is C28H26BF12P. The zero-order valence-electron chi connectivity index (χ0n) is 22.7. The molecule has 42 heavy (non-hydrogen) atoms. The molecule has 0 bridgehead atoms. The van der Waals surface area contributed by atoms with Crippen LogP contribution in [0.15, 0.2) is 60.7 Å². The molecule has 0 aliphatic carbocycles. The monoisotopic (exact) mass is 632 g/mol. The van der Waals surface area contributed by atoms with Crippen LogP contribution in [0.25, 0.3) is 0 Å². The smallest absolute Gasteiger partial charge is 0.202 e. The number of alkyl halides is 12. The maximum Gasteiger partial charge on any atom is 0.416 e. The van der Waals surface area contributed by atoms with Crippen molar-refractivity contribution in [3.8, 4) is 0 Å². The van der Waals surface area contributed by atoms with Gasteiger partial charge in [-0.15, -0.1) is 0 Å². The van der Waals surface area contributed by atoms with Crippen LogP contribution < -0.4 is 21.7 Å². The molecule has 0 N–H and O–H groups in total. The first-order valence-electron chi connectivity index (χ1n) is 12.8. The second-order valence-corrected chi connectivity index (χ2v) is 14.5. The molecule has 0 radical (unpaired) electrons. The highest BCUT2D eigenvalue weighted by Gasteiger charge is 2.40. The standard InChI is InChI=1S/C28H25BF12P/c1-15(2)42(16(3)4)24-8-6-5-7-23(24)29(21-11-17(25(30,31)32)9-18(12-21)26(33,34)35)22-13-19(27(36,37)38)10-20(14-22)28(39,40)41/h5-16,29H,1-4H3/q-1/p+1. The average Bonchev–Trinajstić information content (AvgIpc) is 2.82. The quantitative estimate of drug-likeness (QED) is 0.149. The van der Waals surface area contributed by atoms with Crippen molar-refractivity contribution in [1.82, 2.24) is 0 Å². The molecular weight excluding hydrogens is 606 g/mol. The molecule has 230 valence electrons. The Kier molecular flexibility index (Phi) is 9.48. The SMILES string of the molecule is CC(C)[PH+](c1ccccc1[BH-](c1cc(C(F)(F)F)cc(C(F)(F)F)c1)c1cc(C(F)(F)F)cc(C(F)(F)F)c1)C(C)C. The molecule has 0 spiro atoms. The van der Waals surface area contributed by atoms with Crippen molar-refractivity contribution in [2.45, 2.75) is 63.7 Å². The lowest BCUT2D eigenvalue weighted by molar-refractivity contribution is -0.144. The molecule has 0 aromatic heterocycles. The maximum absolute atomic E-state index is 13.8. The van der Waals surface area contributed by atoms with Gasteiger partial charge in [0, 0.05) is 7.92 Å². The number of halogens is 12. The van der Waals surface area contributed by atoms with Gasteiger partial charge >= 0.3 is 24.7 Å². The largest absolute Gasteiger partial charge is 0.416 e. The Balaban J connectivity index is 2.56. The maximum atomic E-state index is 13.8. The van der Waals surface area contributed by atoms with E-state index >= 15 is 0 Å². The summed E-state index contributed by atoms with van der Waals surface area (Å²) < 4.78 is 166. The summed E-state index contributed by atoms with van der Waals surface area (Å²) in [4.78, 5) is 0. The first-order chi connectivity index (χ1) is 19.0. The van der Waals surface area contributed by atoms with Crippen molar-refractivity contribution in [3.05, 3.63) is 82.9 Å². The normalized spacial score (nSPS) is 13.6. The number of benzene rings is 3. The fourth-order valence-corrected chi connectivity index (χ4v) is 9.02. The molecule has 0 aliphatic rings. The van der Waals surface area contributed by atoms with Gasteiger partial charge in [0.15, 0.2) is 0 Å². The molecule has 0 heterocycles. The summed E-state index contributed by atoms with van der Waals surface area (Å²) in [6.07, 6.45) is -21.1. The predicted octanol–water partition coefficient (Wildman–Crippen LogP) is 7.67. The fraction of sp³-hybridized carbons (Fsp3) is 0.357. The lowest BCUT2D eigenvalue weighted by Crippen LogP contribution is -2.57. The lowest BCUT2D eigenvalue weighted by atomic mass is 9.36. The molecule has 3 rings (SSSR count). The highest BCUT2D eigenvalue weighted by atomic mass is 31.1. The van der Waals surface area contributed by atoms with Crippen LogP contribution >= 0.6 is 7.92 Å². The molecule has 0 saturated carbocycles. The summed E-state index contributed by atoms with van der Waals surface area (Å²) in [7, 11) is -1.66. The van der Waals surface area contributed by atoms with Crippen molar-refractivity contribution < 1.29 is 52.7 Å². The molecule has 0 unspecified atom stereocenters. The van der Waals surface area contributed by atoms with Gasteiger partial charge in [-0.1, -0.05) is 42.5 Å². The zero-order chi connectivity index (χ0) is 32.0. The molecule has 0 fully saturated rings.